The van der Waals surface area contributed by atoms with Crippen LogP contribution in [0.4, 0.5) is 33.7 Å². The number of rotatable bonds is 3. The Bertz CT molecular complexity index is 840. The number of nitrogens with one attached hydrogen (secondary N) is 2. The van der Waals surface area contributed by atoms with Crippen molar-refractivity contribution in [3.63, 3.8) is 0 Å². The molecule has 0 aliphatic carbocycles. The van der Waals surface area contributed by atoms with Gasteiger partial charge in [-0.3, -0.25) is 0 Å². The number of halogens is 5. The van der Waals surface area contributed by atoms with Gasteiger partial charge in [0, 0.05) is 4.47 Å². The number of alkyl halides is 3. The number of para-hydroxylation sites is 1. The van der Waals surface area contributed by atoms with Crippen LogP contribution in [-0.4, -0.2) is 13.1 Å². The van der Waals surface area contributed by atoms with E-state index in [2.05, 4.69) is 26.0 Å². The van der Waals surface area contributed by atoms with Crippen LogP contribution in [0.5, 0.6) is 5.75 Å². The Morgan fingerprint density at radius 2 is 2.00 bits per heavy atom. The fraction of sp³-hybridized carbons (Fsp3) is 0.133. The van der Waals surface area contributed by atoms with Gasteiger partial charge < -0.3 is 15.4 Å². The lowest BCUT2D eigenvalue weighted by Crippen LogP contribution is -2.21. The first kappa shape index (κ1) is 14.1. The third kappa shape index (κ3) is 4.16. The van der Waals surface area contributed by atoms with Crippen molar-refractivity contribution in [2.45, 2.75) is 6.18 Å². The maximum Gasteiger partial charge on any atom is 0.416 e. The Hall–Kier alpha value is -2.29. The van der Waals surface area contributed by atoms with Gasteiger partial charge in [-0.05, 0) is 46.3 Å². The fourth-order valence-corrected chi connectivity index (χ4v) is 2.22. The lowest BCUT2D eigenvalue weighted by atomic mass is 10.2. The molecule has 2 N–H and O–H groups in total. The molecule has 0 bridgehead atoms. The number of ether oxygens (including phenoxy) is 1. The van der Waals surface area contributed by atoms with E-state index in [0.717, 1.165) is 12.1 Å². The maximum atomic E-state index is 13.8. The van der Waals surface area contributed by atoms with E-state index in [9.17, 15) is 22.4 Å². The van der Waals surface area contributed by atoms with Gasteiger partial charge in [-0.15, -0.1) is 0 Å². The van der Waals surface area contributed by atoms with Gasteiger partial charge in [0.1, 0.15) is 11.6 Å². The molecule has 0 atom stereocenters. The predicted octanol–water partition coefficient (Wildman–Crippen LogP) is 5.26. The average Bonchev–Trinajstić information content (AvgIpc) is 2.50. The van der Waals surface area contributed by atoms with Crippen molar-refractivity contribution in [2.75, 3.05) is 17.7 Å². The Kier molecular flexibility index (Phi) is 4.16. The van der Waals surface area contributed by atoms with E-state index in [1.807, 2.05) is 5.32 Å². The molecular formula is C15H11BrF4N2O2. The number of benzene rings is 2. The van der Waals surface area contributed by atoms with Gasteiger partial charge in [0.2, 0.25) is 0 Å². The standard InChI is InChI=1S/C15H11BrF4N2O2/c1-24-12-6-5-8(15(18,19)20)7-11(12)21-14(23)22-13-9(16)3-2-4-10(13)17/h2-7H,1H3,(H2,21,22,23)/i1D3. The normalized spacial score (nSPS) is 13.5. The van der Waals surface area contributed by atoms with Crippen LogP contribution in [0.2, 0.25) is 0 Å². The topological polar surface area (TPSA) is 50.4 Å². The van der Waals surface area contributed by atoms with Gasteiger partial charge in [0.15, 0.2) is 0 Å². The Labute approximate surface area is 147 Å². The van der Waals surface area contributed by atoms with E-state index in [1.165, 1.54) is 12.1 Å². The van der Waals surface area contributed by atoms with Crippen molar-refractivity contribution < 1.29 is 31.2 Å². The van der Waals surface area contributed by atoms with Crippen LogP contribution in [0.15, 0.2) is 40.9 Å². The molecule has 0 fully saturated rings. The maximum absolute atomic E-state index is 13.8. The van der Waals surface area contributed by atoms with Crippen molar-refractivity contribution in [2.24, 2.45) is 0 Å². The second-order valence-corrected chi connectivity index (χ2v) is 5.34. The van der Waals surface area contributed by atoms with Crippen LogP contribution in [0.3, 0.4) is 0 Å². The first-order chi connectivity index (χ1) is 12.4. The van der Waals surface area contributed by atoms with Crippen molar-refractivity contribution in [3.05, 3.63) is 52.3 Å². The zero-order valence-electron chi connectivity index (χ0n) is 14.7. The average molecular weight is 410 g/mol. The second-order valence-electron chi connectivity index (χ2n) is 4.49. The highest BCUT2D eigenvalue weighted by atomic mass is 79.9. The SMILES string of the molecule is [2H]C([2H])([2H])Oc1ccc(C(F)(F)F)cc1NC(=O)Nc1c(F)cccc1Br. The van der Waals surface area contributed by atoms with E-state index in [-0.39, 0.29) is 10.2 Å². The molecule has 0 saturated heterocycles. The van der Waals surface area contributed by atoms with E-state index < -0.39 is 42.1 Å². The van der Waals surface area contributed by atoms with Gasteiger partial charge >= 0.3 is 12.2 Å². The summed E-state index contributed by atoms with van der Waals surface area (Å²) in [5, 5.41) is 4.16. The summed E-state index contributed by atoms with van der Waals surface area (Å²) in [4.78, 5) is 12.1. The Balaban J connectivity index is 2.32. The number of hydrogen-bond donors (Lipinski definition) is 2. The zero-order chi connectivity index (χ0) is 20.4. The molecule has 9 heteroatoms. The minimum Gasteiger partial charge on any atom is -0.495 e. The number of amides is 2. The molecule has 2 aromatic carbocycles. The molecule has 0 radical (unpaired) electrons. The number of urea groups is 1. The molecule has 2 rings (SSSR count). The number of carbonyl (C=O) groups excluding carboxylic acids is 1. The molecule has 2 amide bonds. The first-order valence-electron chi connectivity index (χ1n) is 7.79. The number of methoxy groups -OCH3 is 1. The molecule has 24 heavy (non-hydrogen) atoms. The monoisotopic (exact) mass is 409 g/mol. The van der Waals surface area contributed by atoms with E-state index in [1.54, 1.807) is 0 Å². The third-order valence-electron chi connectivity index (χ3n) is 2.87. The second kappa shape index (κ2) is 7.08. The molecule has 0 saturated carbocycles. The van der Waals surface area contributed by atoms with E-state index >= 15 is 0 Å². The Morgan fingerprint density at radius 1 is 1.25 bits per heavy atom. The smallest absolute Gasteiger partial charge is 0.416 e. The van der Waals surface area contributed by atoms with Gasteiger partial charge in [0.25, 0.3) is 0 Å². The molecule has 0 spiro atoms. The molecule has 4 nitrogen and oxygen atoms in total. The summed E-state index contributed by atoms with van der Waals surface area (Å²) in [6.45, 7) is 0. The van der Waals surface area contributed by atoms with Gasteiger partial charge in [0.05, 0.1) is 28.1 Å². The van der Waals surface area contributed by atoms with Gasteiger partial charge in [-0.25, -0.2) is 9.18 Å². The minimum atomic E-state index is -4.74. The van der Waals surface area contributed by atoms with Crippen LogP contribution in [0.25, 0.3) is 0 Å². The fourth-order valence-electron chi connectivity index (χ4n) is 1.78. The number of anilines is 2. The van der Waals surface area contributed by atoms with Crippen LogP contribution in [0.1, 0.15) is 9.68 Å². The molecule has 0 heterocycles. The van der Waals surface area contributed by atoms with Crippen LogP contribution < -0.4 is 15.4 Å². The molecule has 0 unspecified atom stereocenters. The lowest BCUT2D eigenvalue weighted by Gasteiger charge is -2.14. The quantitative estimate of drug-likeness (QED) is 0.679. The van der Waals surface area contributed by atoms with Crippen LogP contribution in [-0.2, 0) is 6.18 Å². The highest BCUT2D eigenvalue weighted by Gasteiger charge is 2.31. The highest BCUT2D eigenvalue weighted by Crippen LogP contribution is 2.35. The zero-order valence-corrected chi connectivity index (χ0v) is 13.3. The number of hydrogen-bond acceptors (Lipinski definition) is 2. The van der Waals surface area contributed by atoms with Crippen molar-refractivity contribution >= 4 is 33.3 Å². The largest absolute Gasteiger partial charge is 0.495 e. The summed E-state index contributed by atoms with van der Waals surface area (Å²) in [6, 6.07) is 4.66. The van der Waals surface area contributed by atoms with Crippen molar-refractivity contribution in [1.82, 2.24) is 0 Å². The highest BCUT2D eigenvalue weighted by molar-refractivity contribution is 9.10. The van der Waals surface area contributed by atoms with Crippen molar-refractivity contribution in [1.29, 1.82) is 0 Å². The summed E-state index contributed by atoms with van der Waals surface area (Å²) < 4.78 is 78.4. The molecule has 2 aromatic rings. The number of carbonyl (C=O) groups is 1. The molecule has 0 aliphatic rings. The summed E-state index contributed by atoms with van der Waals surface area (Å²) in [7, 11) is -2.96. The van der Waals surface area contributed by atoms with Gasteiger partial charge in [-0.2, -0.15) is 13.2 Å². The molecular weight excluding hydrogens is 396 g/mol. The van der Waals surface area contributed by atoms with E-state index in [0.29, 0.717) is 12.1 Å². The van der Waals surface area contributed by atoms with Crippen molar-refractivity contribution in [3.8, 4) is 5.75 Å². The molecule has 0 aliphatic heterocycles. The summed E-state index contributed by atoms with van der Waals surface area (Å²) in [5.74, 6) is -1.30. The minimum absolute atomic E-state index is 0.195. The molecule has 0 aromatic heterocycles. The summed E-state index contributed by atoms with van der Waals surface area (Å²) >= 11 is 3.02. The van der Waals surface area contributed by atoms with E-state index in [4.69, 9.17) is 4.11 Å². The van der Waals surface area contributed by atoms with Gasteiger partial charge in [-0.1, -0.05) is 6.07 Å². The summed E-state index contributed by atoms with van der Waals surface area (Å²) in [6.07, 6.45) is -4.74. The summed E-state index contributed by atoms with van der Waals surface area (Å²) in [5.41, 5.74) is -1.94. The third-order valence-corrected chi connectivity index (χ3v) is 3.53. The molecule has 128 valence electrons. The first-order valence-corrected chi connectivity index (χ1v) is 7.08. The predicted molar refractivity (Wildman–Crippen MR) is 84.7 cm³/mol. The van der Waals surface area contributed by atoms with Crippen LogP contribution in [0, 0.1) is 5.82 Å². The lowest BCUT2D eigenvalue weighted by molar-refractivity contribution is -0.137. The Morgan fingerprint density at radius 3 is 2.62 bits per heavy atom. The van der Waals surface area contributed by atoms with Crippen LogP contribution >= 0.6 is 15.9 Å².